The smallest absolute Gasteiger partial charge is 0.293 e. The Morgan fingerprint density at radius 2 is 1.96 bits per heavy atom. The largest absolute Gasteiger partial charge is 0.465 e. The van der Waals surface area contributed by atoms with Crippen molar-refractivity contribution >= 4 is 40.5 Å². The Bertz CT molecular complexity index is 886. The SMILES string of the molecule is O=C(CN1C(=O)SC(=Cc2ccco2)C1=O)c1ccc([N+](=O)[O-])cc1. The summed E-state index contributed by atoms with van der Waals surface area (Å²) in [5.41, 5.74) is 0.0313. The summed E-state index contributed by atoms with van der Waals surface area (Å²) in [6, 6.07) is 8.25. The van der Waals surface area contributed by atoms with Crippen LogP contribution in [0.5, 0.6) is 0 Å². The van der Waals surface area contributed by atoms with Gasteiger partial charge in [0.2, 0.25) is 0 Å². The Kier molecular flexibility index (Phi) is 4.48. The van der Waals surface area contributed by atoms with Crippen molar-refractivity contribution in [3.63, 3.8) is 0 Å². The Hall–Kier alpha value is -3.20. The highest BCUT2D eigenvalue weighted by molar-refractivity contribution is 8.18. The zero-order chi connectivity index (χ0) is 18.0. The number of Topliss-reactive ketones (excluding diaryl/α,β-unsaturated/α-hetero) is 1. The van der Waals surface area contributed by atoms with Crippen LogP contribution in [0.1, 0.15) is 16.1 Å². The number of benzene rings is 1. The summed E-state index contributed by atoms with van der Waals surface area (Å²) in [4.78, 5) is 47.5. The molecule has 0 unspecified atom stereocenters. The lowest BCUT2D eigenvalue weighted by molar-refractivity contribution is -0.384. The third-order valence-corrected chi connectivity index (χ3v) is 4.30. The Morgan fingerprint density at radius 3 is 2.56 bits per heavy atom. The van der Waals surface area contributed by atoms with Gasteiger partial charge in [-0.25, -0.2) is 0 Å². The number of nitro groups is 1. The van der Waals surface area contributed by atoms with Crippen LogP contribution in [0.25, 0.3) is 6.08 Å². The minimum absolute atomic E-state index is 0.149. The molecule has 1 aliphatic rings. The summed E-state index contributed by atoms with van der Waals surface area (Å²) in [5, 5.41) is 10.1. The molecule has 0 bridgehead atoms. The first-order chi connectivity index (χ1) is 12.0. The van der Waals surface area contributed by atoms with E-state index in [0.717, 1.165) is 16.7 Å². The molecule has 1 saturated heterocycles. The number of nitro benzene ring substituents is 1. The van der Waals surface area contributed by atoms with E-state index in [0.29, 0.717) is 5.76 Å². The number of non-ortho nitro benzene ring substituents is 1. The van der Waals surface area contributed by atoms with Gasteiger partial charge in [0.15, 0.2) is 5.78 Å². The molecule has 0 spiro atoms. The second kappa shape index (κ2) is 6.73. The van der Waals surface area contributed by atoms with Crippen LogP contribution < -0.4 is 0 Å². The first-order valence-corrected chi connectivity index (χ1v) is 7.84. The maximum absolute atomic E-state index is 12.3. The van der Waals surface area contributed by atoms with E-state index < -0.39 is 28.4 Å². The number of furan rings is 1. The standard InChI is InChI=1S/C16H10N2O6S/c19-13(10-3-5-11(6-4-10)18(22)23)9-17-15(20)14(25-16(17)21)8-12-2-1-7-24-12/h1-8H,9H2. The van der Waals surface area contributed by atoms with Gasteiger partial charge in [-0.2, -0.15) is 0 Å². The molecule has 0 aliphatic carbocycles. The van der Waals surface area contributed by atoms with E-state index in [1.807, 2.05) is 0 Å². The number of ketones is 1. The Labute approximate surface area is 145 Å². The van der Waals surface area contributed by atoms with Crippen molar-refractivity contribution in [1.82, 2.24) is 4.90 Å². The zero-order valence-corrected chi connectivity index (χ0v) is 13.4. The van der Waals surface area contributed by atoms with Gasteiger partial charge in [0, 0.05) is 23.8 Å². The van der Waals surface area contributed by atoms with Crippen molar-refractivity contribution in [3.8, 4) is 0 Å². The third kappa shape index (κ3) is 3.50. The van der Waals surface area contributed by atoms with E-state index >= 15 is 0 Å². The summed E-state index contributed by atoms with van der Waals surface area (Å²) < 4.78 is 5.10. The summed E-state index contributed by atoms with van der Waals surface area (Å²) in [5.74, 6) is -0.648. The van der Waals surface area contributed by atoms with Gasteiger partial charge in [-0.3, -0.25) is 29.4 Å². The Balaban J connectivity index is 1.73. The van der Waals surface area contributed by atoms with Crippen molar-refractivity contribution in [2.75, 3.05) is 6.54 Å². The molecule has 1 aromatic carbocycles. The fourth-order valence-corrected chi connectivity index (χ4v) is 2.96. The summed E-state index contributed by atoms with van der Waals surface area (Å²) in [6.07, 6.45) is 2.87. The summed E-state index contributed by atoms with van der Waals surface area (Å²) in [7, 11) is 0. The van der Waals surface area contributed by atoms with Gasteiger partial charge in [-0.05, 0) is 36.0 Å². The van der Waals surface area contributed by atoms with E-state index in [9.17, 15) is 24.5 Å². The van der Waals surface area contributed by atoms with Gasteiger partial charge in [0.1, 0.15) is 5.76 Å². The lowest BCUT2D eigenvalue weighted by Gasteiger charge is -2.11. The molecule has 3 rings (SSSR count). The molecular formula is C16H10N2O6S. The number of rotatable bonds is 5. The van der Waals surface area contributed by atoms with Crippen LogP contribution in [0.3, 0.4) is 0 Å². The molecule has 25 heavy (non-hydrogen) atoms. The average Bonchev–Trinajstić information content (AvgIpc) is 3.19. The minimum atomic E-state index is -0.582. The van der Waals surface area contributed by atoms with Gasteiger partial charge < -0.3 is 4.42 Å². The van der Waals surface area contributed by atoms with E-state index in [-0.39, 0.29) is 16.2 Å². The fourth-order valence-electron chi connectivity index (χ4n) is 2.14. The minimum Gasteiger partial charge on any atom is -0.465 e. The Morgan fingerprint density at radius 1 is 1.24 bits per heavy atom. The van der Waals surface area contributed by atoms with Crippen LogP contribution in [-0.4, -0.2) is 33.3 Å². The van der Waals surface area contributed by atoms with Crippen LogP contribution >= 0.6 is 11.8 Å². The molecular weight excluding hydrogens is 348 g/mol. The highest BCUT2D eigenvalue weighted by Crippen LogP contribution is 2.32. The summed E-state index contributed by atoms with van der Waals surface area (Å²) >= 11 is 0.721. The third-order valence-electron chi connectivity index (χ3n) is 3.39. The molecule has 126 valence electrons. The monoisotopic (exact) mass is 358 g/mol. The first kappa shape index (κ1) is 16.7. The van der Waals surface area contributed by atoms with Crippen molar-refractivity contribution in [1.29, 1.82) is 0 Å². The summed E-state index contributed by atoms with van der Waals surface area (Å²) in [6.45, 7) is -0.433. The molecule has 2 aromatic rings. The molecule has 8 nitrogen and oxygen atoms in total. The number of thioether (sulfide) groups is 1. The van der Waals surface area contributed by atoms with Gasteiger partial charge >= 0.3 is 0 Å². The van der Waals surface area contributed by atoms with Crippen molar-refractivity contribution in [2.45, 2.75) is 0 Å². The van der Waals surface area contributed by atoms with Crippen molar-refractivity contribution in [3.05, 3.63) is 69.0 Å². The van der Waals surface area contributed by atoms with Crippen LogP contribution in [0.4, 0.5) is 10.5 Å². The topological polar surface area (TPSA) is 111 Å². The van der Waals surface area contributed by atoms with E-state index in [1.54, 1.807) is 12.1 Å². The number of carbonyl (C=O) groups excluding carboxylic acids is 3. The maximum Gasteiger partial charge on any atom is 0.293 e. The lowest BCUT2D eigenvalue weighted by atomic mass is 10.1. The van der Waals surface area contributed by atoms with Gasteiger partial charge in [-0.15, -0.1) is 0 Å². The van der Waals surface area contributed by atoms with Crippen LogP contribution in [0.2, 0.25) is 0 Å². The molecule has 0 saturated carbocycles. The predicted molar refractivity (Wildman–Crippen MR) is 88.8 cm³/mol. The quantitative estimate of drug-likeness (QED) is 0.349. The maximum atomic E-state index is 12.3. The molecule has 0 radical (unpaired) electrons. The number of hydrogen-bond donors (Lipinski definition) is 0. The zero-order valence-electron chi connectivity index (χ0n) is 12.6. The molecule has 0 atom stereocenters. The van der Waals surface area contributed by atoms with Crippen LogP contribution in [0.15, 0.2) is 52.0 Å². The number of imide groups is 1. The predicted octanol–water partition coefficient (Wildman–Crippen LogP) is 3.11. The number of nitrogens with zero attached hydrogens (tertiary/aromatic N) is 2. The second-order valence-corrected chi connectivity index (χ2v) is 6.00. The second-order valence-electron chi connectivity index (χ2n) is 5.01. The molecule has 1 aromatic heterocycles. The van der Waals surface area contributed by atoms with Crippen molar-refractivity contribution < 1.29 is 23.7 Å². The normalized spacial score (nSPS) is 15.8. The van der Waals surface area contributed by atoms with Crippen LogP contribution in [0, 0.1) is 10.1 Å². The van der Waals surface area contributed by atoms with E-state index in [4.69, 9.17) is 4.42 Å². The molecule has 9 heteroatoms. The van der Waals surface area contributed by atoms with Gasteiger partial charge in [0.05, 0.1) is 22.6 Å². The van der Waals surface area contributed by atoms with E-state index in [1.165, 1.54) is 36.6 Å². The molecule has 1 fully saturated rings. The first-order valence-electron chi connectivity index (χ1n) is 7.02. The average molecular weight is 358 g/mol. The van der Waals surface area contributed by atoms with Crippen molar-refractivity contribution in [2.24, 2.45) is 0 Å². The molecule has 1 aliphatic heterocycles. The highest BCUT2D eigenvalue weighted by Gasteiger charge is 2.36. The van der Waals surface area contributed by atoms with Gasteiger partial charge in [0.25, 0.3) is 16.8 Å². The number of amides is 2. The molecule has 2 heterocycles. The lowest BCUT2D eigenvalue weighted by Crippen LogP contribution is -2.33. The number of hydrogen-bond acceptors (Lipinski definition) is 7. The highest BCUT2D eigenvalue weighted by atomic mass is 32.2. The fraction of sp³-hybridized carbons (Fsp3) is 0.0625. The molecule has 0 N–H and O–H groups in total. The van der Waals surface area contributed by atoms with E-state index in [2.05, 4.69) is 0 Å². The van der Waals surface area contributed by atoms with Crippen LogP contribution in [-0.2, 0) is 4.79 Å². The van der Waals surface area contributed by atoms with Gasteiger partial charge in [-0.1, -0.05) is 0 Å². The molecule has 2 amide bonds. The number of carbonyl (C=O) groups is 3.